The molecule has 4 nitrogen and oxygen atoms in total. The molecule has 102 valence electrons. The molecule has 0 radical (unpaired) electrons. The van der Waals surface area contributed by atoms with Gasteiger partial charge >= 0.3 is 0 Å². The quantitative estimate of drug-likeness (QED) is 0.756. The second-order valence-electron chi connectivity index (χ2n) is 4.97. The molecule has 0 saturated heterocycles. The van der Waals surface area contributed by atoms with E-state index in [0.717, 1.165) is 32.6 Å². The fraction of sp³-hybridized carbons (Fsp3) is 0.200. The first kappa shape index (κ1) is 13.1. The van der Waals surface area contributed by atoms with Gasteiger partial charge in [0.1, 0.15) is 17.8 Å². The number of H-pyrrole nitrogens is 1. The number of nitrogens with zero attached hydrogens (tertiary/aromatic N) is 2. The number of fused-ring (bicyclic) bond motifs is 1. The minimum Gasteiger partial charge on any atom is -0.367 e. The smallest absolute Gasteiger partial charge is 0.143 e. The maximum absolute atomic E-state index is 4.32. The summed E-state index contributed by atoms with van der Waals surface area (Å²) in [6.07, 6.45) is 1.58. The van der Waals surface area contributed by atoms with Gasteiger partial charge in [-0.1, -0.05) is 28.1 Å². The van der Waals surface area contributed by atoms with Crippen LogP contribution in [-0.4, -0.2) is 21.0 Å². The Bertz CT molecular complexity index is 731. The van der Waals surface area contributed by atoms with Crippen LogP contribution in [0.3, 0.4) is 0 Å². The number of aromatic amines is 1. The monoisotopic (exact) mass is 330 g/mol. The number of hydrogen-bond donors (Lipinski definition) is 2. The Kier molecular flexibility index (Phi) is 3.44. The third-order valence-electron chi connectivity index (χ3n) is 3.01. The van der Waals surface area contributed by atoms with Crippen LogP contribution < -0.4 is 5.32 Å². The van der Waals surface area contributed by atoms with Crippen molar-refractivity contribution in [3.05, 3.63) is 41.1 Å². The fourth-order valence-corrected chi connectivity index (χ4v) is 2.38. The molecule has 2 N–H and O–H groups in total. The molecule has 0 unspecified atom stereocenters. The van der Waals surface area contributed by atoms with E-state index in [1.54, 1.807) is 6.33 Å². The standard InChI is InChI=1S/C15H15BrN4/c1-9(2)19-14-12-7-13(20-15(12)18-8-17-14)10-3-5-11(16)6-4-10/h3-9H,1-2H3,(H2,17,18,19,20). The summed E-state index contributed by atoms with van der Waals surface area (Å²) in [4.78, 5) is 12.0. The number of aromatic nitrogens is 3. The van der Waals surface area contributed by atoms with Crippen molar-refractivity contribution in [1.29, 1.82) is 0 Å². The molecule has 0 atom stereocenters. The minimum absolute atomic E-state index is 0.333. The fourth-order valence-electron chi connectivity index (χ4n) is 2.11. The Hall–Kier alpha value is -1.88. The Morgan fingerprint density at radius 2 is 1.90 bits per heavy atom. The number of rotatable bonds is 3. The molecule has 5 heteroatoms. The van der Waals surface area contributed by atoms with Crippen molar-refractivity contribution in [2.45, 2.75) is 19.9 Å². The lowest BCUT2D eigenvalue weighted by atomic mass is 10.1. The summed E-state index contributed by atoms with van der Waals surface area (Å²) in [5.74, 6) is 0.865. The van der Waals surface area contributed by atoms with Crippen molar-refractivity contribution >= 4 is 32.8 Å². The summed E-state index contributed by atoms with van der Waals surface area (Å²) >= 11 is 3.45. The number of benzene rings is 1. The molecular formula is C15H15BrN4. The van der Waals surface area contributed by atoms with Gasteiger partial charge in [-0.3, -0.25) is 0 Å². The molecule has 2 aromatic heterocycles. The summed E-state index contributed by atoms with van der Waals surface area (Å²) in [7, 11) is 0. The molecule has 0 aliphatic heterocycles. The van der Waals surface area contributed by atoms with Crippen molar-refractivity contribution in [3.8, 4) is 11.3 Å². The highest BCUT2D eigenvalue weighted by atomic mass is 79.9. The molecule has 0 fully saturated rings. The van der Waals surface area contributed by atoms with E-state index in [-0.39, 0.29) is 0 Å². The van der Waals surface area contributed by atoms with Crippen LogP contribution in [-0.2, 0) is 0 Å². The van der Waals surface area contributed by atoms with E-state index in [0.29, 0.717) is 6.04 Å². The maximum atomic E-state index is 4.32. The SMILES string of the molecule is CC(C)Nc1ncnc2[nH]c(-c3ccc(Br)cc3)cc12. The molecule has 0 spiro atoms. The van der Waals surface area contributed by atoms with E-state index >= 15 is 0 Å². The lowest BCUT2D eigenvalue weighted by molar-refractivity contribution is 0.890. The van der Waals surface area contributed by atoms with Crippen molar-refractivity contribution in [2.24, 2.45) is 0 Å². The normalized spacial score (nSPS) is 11.2. The third-order valence-corrected chi connectivity index (χ3v) is 3.53. The van der Waals surface area contributed by atoms with E-state index < -0.39 is 0 Å². The van der Waals surface area contributed by atoms with Gasteiger partial charge in [-0.25, -0.2) is 9.97 Å². The van der Waals surface area contributed by atoms with Crippen LogP contribution in [0.15, 0.2) is 41.1 Å². The number of nitrogens with one attached hydrogen (secondary N) is 2. The third kappa shape index (κ3) is 2.54. The van der Waals surface area contributed by atoms with Gasteiger partial charge in [-0.15, -0.1) is 0 Å². The zero-order valence-corrected chi connectivity index (χ0v) is 12.9. The predicted molar refractivity (Wildman–Crippen MR) is 85.8 cm³/mol. The number of halogens is 1. The molecule has 0 saturated carbocycles. The van der Waals surface area contributed by atoms with Crippen molar-refractivity contribution in [2.75, 3.05) is 5.32 Å². The van der Waals surface area contributed by atoms with Gasteiger partial charge in [0, 0.05) is 16.2 Å². The number of hydrogen-bond acceptors (Lipinski definition) is 3. The highest BCUT2D eigenvalue weighted by Gasteiger charge is 2.09. The molecule has 3 aromatic rings. The Balaban J connectivity index is 2.08. The van der Waals surface area contributed by atoms with Crippen LogP contribution >= 0.6 is 15.9 Å². The largest absolute Gasteiger partial charge is 0.367 e. The van der Waals surface area contributed by atoms with Gasteiger partial charge in [0.2, 0.25) is 0 Å². The first-order valence-electron chi connectivity index (χ1n) is 6.49. The molecule has 1 aromatic carbocycles. The van der Waals surface area contributed by atoms with E-state index in [1.807, 2.05) is 12.1 Å². The second kappa shape index (κ2) is 5.25. The molecule has 0 aliphatic rings. The summed E-state index contributed by atoms with van der Waals surface area (Å²) in [6, 6.07) is 10.6. The van der Waals surface area contributed by atoms with Gasteiger partial charge in [-0.2, -0.15) is 0 Å². The van der Waals surface area contributed by atoms with Crippen LogP contribution in [0.5, 0.6) is 0 Å². The highest BCUT2D eigenvalue weighted by molar-refractivity contribution is 9.10. The molecular weight excluding hydrogens is 316 g/mol. The summed E-state index contributed by atoms with van der Waals surface area (Å²) in [5.41, 5.74) is 3.02. The average molecular weight is 331 g/mol. The summed E-state index contributed by atoms with van der Waals surface area (Å²) in [5, 5.41) is 4.36. The van der Waals surface area contributed by atoms with Gasteiger partial charge < -0.3 is 10.3 Å². The van der Waals surface area contributed by atoms with Gasteiger partial charge in [0.05, 0.1) is 5.39 Å². The van der Waals surface area contributed by atoms with E-state index in [2.05, 4.69) is 68.2 Å². The molecule has 20 heavy (non-hydrogen) atoms. The van der Waals surface area contributed by atoms with Crippen molar-refractivity contribution < 1.29 is 0 Å². The first-order chi connectivity index (χ1) is 9.63. The zero-order chi connectivity index (χ0) is 14.1. The molecule has 3 rings (SSSR count). The van der Waals surface area contributed by atoms with Crippen LogP contribution in [0.25, 0.3) is 22.3 Å². The van der Waals surface area contributed by atoms with Crippen LogP contribution in [0.1, 0.15) is 13.8 Å². The van der Waals surface area contributed by atoms with Gasteiger partial charge in [-0.05, 0) is 37.6 Å². The minimum atomic E-state index is 0.333. The summed E-state index contributed by atoms with van der Waals surface area (Å²) < 4.78 is 1.07. The molecule has 0 aliphatic carbocycles. The van der Waals surface area contributed by atoms with Crippen molar-refractivity contribution in [1.82, 2.24) is 15.0 Å². The predicted octanol–water partition coefficient (Wildman–Crippen LogP) is 4.21. The highest BCUT2D eigenvalue weighted by Crippen LogP contribution is 2.27. The topological polar surface area (TPSA) is 53.6 Å². The maximum Gasteiger partial charge on any atom is 0.143 e. The van der Waals surface area contributed by atoms with E-state index in [4.69, 9.17) is 0 Å². The van der Waals surface area contributed by atoms with Crippen LogP contribution in [0.4, 0.5) is 5.82 Å². The van der Waals surface area contributed by atoms with Crippen LogP contribution in [0, 0.1) is 0 Å². The van der Waals surface area contributed by atoms with Gasteiger partial charge in [0.15, 0.2) is 0 Å². The molecule has 2 heterocycles. The Morgan fingerprint density at radius 1 is 1.15 bits per heavy atom. The lowest BCUT2D eigenvalue weighted by Gasteiger charge is -2.08. The Labute approximate surface area is 125 Å². The Morgan fingerprint density at radius 3 is 2.60 bits per heavy atom. The average Bonchev–Trinajstić information content (AvgIpc) is 2.84. The van der Waals surface area contributed by atoms with E-state index in [1.165, 1.54) is 0 Å². The second-order valence-corrected chi connectivity index (χ2v) is 5.89. The van der Waals surface area contributed by atoms with Gasteiger partial charge in [0.25, 0.3) is 0 Å². The zero-order valence-electron chi connectivity index (χ0n) is 11.3. The molecule has 0 amide bonds. The van der Waals surface area contributed by atoms with Crippen molar-refractivity contribution in [3.63, 3.8) is 0 Å². The summed E-state index contributed by atoms with van der Waals surface area (Å²) in [6.45, 7) is 4.19. The first-order valence-corrected chi connectivity index (χ1v) is 7.29. The number of anilines is 1. The molecule has 0 bridgehead atoms. The lowest BCUT2D eigenvalue weighted by Crippen LogP contribution is -2.11. The van der Waals surface area contributed by atoms with E-state index in [9.17, 15) is 0 Å². The van der Waals surface area contributed by atoms with Crippen LogP contribution in [0.2, 0.25) is 0 Å².